The van der Waals surface area contributed by atoms with Crippen molar-refractivity contribution in [1.29, 1.82) is 0 Å². The number of nitrogens with zero attached hydrogens (tertiary/aromatic N) is 1. The third kappa shape index (κ3) is 4.31. The van der Waals surface area contributed by atoms with E-state index in [1.165, 1.54) is 11.1 Å². The van der Waals surface area contributed by atoms with Crippen LogP contribution in [-0.4, -0.2) is 50.9 Å². The highest BCUT2D eigenvalue weighted by Gasteiger charge is 2.23. The second-order valence-electron chi connectivity index (χ2n) is 6.31. The summed E-state index contributed by atoms with van der Waals surface area (Å²) in [5.41, 5.74) is 2.58. The van der Waals surface area contributed by atoms with Crippen LogP contribution in [0.4, 0.5) is 0 Å². The van der Waals surface area contributed by atoms with E-state index < -0.39 is 0 Å². The summed E-state index contributed by atoms with van der Waals surface area (Å²) in [5, 5.41) is 3.12. The van der Waals surface area contributed by atoms with E-state index in [9.17, 15) is 9.59 Å². The Balaban J connectivity index is 1.89. The third-order valence-corrected chi connectivity index (χ3v) is 4.12. The first-order valence-electron chi connectivity index (χ1n) is 7.86. The molecule has 0 saturated carbocycles. The van der Waals surface area contributed by atoms with Crippen LogP contribution >= 0.6 is 0 Å². The highest BCUT2D eigenvalue weighted by Crippen LogP contribution is 2.29. The molecule has 1 aliphatic rings. The van der Waals surface area contributed by atoms with Gasteiger partial charge in [-0.1, -0.05) is 24.3 Å². The number of benzene rings is 1. The van der Waals surface area contributed by atoms with Crippen LogP contribution in [0.2, 0.25) is 0 Å². The number of carbonyl (C=O) groups excluding carboxylic acids is 2. The number of likely N-dealkylation sites (N-methyl/N-ethyl adjacent to an activating group) is 2. The zero-order valence-corrected chi connectivity index (χ0v) is 13.7. The van der Waals surface area contributed by atoms with Gasteiger partial charge in [0.15, 0.2) is 13.1 Å². The average molecular weight is 304 g/mol. The van der Waals surface area contributed by atoms with Gasteiger partial charge in [0.05, 0.1) is 13.1 Å². The van der Waals surface area contributed by atoms with Gasteiger partial charge in [-0.2, -0.15) is 0 Å². The predicted octanol–water partition coefficient (Wildman–Crippen LogP) is -0.217. The summed E-state index contributed by atoms with van der Waals surface area (Å²) in [6.07, 6.45) is 3.17. The fourth-order valence-electron chi connectivity index (χ4n) is 2.90. The third-order valence-electron chi connectivity index (χ3n) is 4.12. The van der Waals surface area contributed by atoms with E-state index in [1.54, 1.807) is 19.0 Å². The topological polar surface area (TPSA) is 53.9 Å². The Morgan fingerprint density at radius 1 is 1.27 bits per heavy atom. The molecule has 120 valence electrons. The number of rotatable bonds is 5. The molecule has 2 N–H and O–H groups in total. The molecule has 5 nitrogen and oxygen atoms in total. The monoisotopic (exact) mass is 304 g/mol. The molecule has 0 spiro atoms. The van der Waals surface area contributed by atoms with Crippen LogP contribution in [0, 0.1) is 0 Å². The maximum absolute atomic E-state index is 12.2. The zero-order chi connectivity index (χ0) is 16.1. The summed E-state index contributed by atoms with van der Waals surface area (Å²) in [7, 11) is 5.33. The van der Waals surface area contributed by atoms with Gasteiger partial charge in [0, 0.05) is 14.1 Å². The molecule has 1 aromatic carbocycles. The summed E-state index contributed by atoms with van der Waals surface area (Å²) in [6.45, 7) is 0.653. The Hall–Kier alpha value is -1.88. The van der Waals surface area contributed by atoms with Gasteiger partial charge >= 0.3 is 0 Å². The van der Waals surface area contributed by atoms with Crippen molar-refractivity contribution in [3.63, 3.8) is 0 Å². The Morgan fingerprint density at radius 3 is 2.73 bits per heavy atom. The standard InChI is InChI=1S/C17H25N3O2/c1-19(2)17(22)12-20(3)11-16(21)18-15-10-6-8-13-7-4-5-9-14(13)15/h4-5,7,9,15H,6,8,10-12H2,1-3H3,(H,18,21)/p+1/t15-/m1/s1. The summed E-state index contributed by atoms with van der Waals surface area (Å²) < 4.78 is 0. The van der Waals surface area contributed by atoms with Crippen LogP contribution in [0.15, 0.2) is 24.3 Å². The van der Waals surface area contributed by atoms with Gasteiger partial charge in [0.25, 0.3) is 11.8 Å². The molecule has 0 aromatic heterocycles. The minimum Gasteiger partial charge on any atom is -0.344 e. The number of amides is 2. The van der Waals surface area contributed by atoms with E-state index >= 15 is 0 Å². The predicted molar refractivity (Wildman–Crippen MR) is 85.6 cm³/mol. The van der Waals surface area contributed by atoms with Crippen LogP contribution in [0.5, 0.6) is 0 Å². The SMILES string of the molecule is CN(C)C(=O)C[NH+](C)CC(=O)N[C@@H]1CCCc2ccccc21. The lowest BCUT2D eigenvalue weighted by atomic mass is 9.88. The van der Waals surface area contributed by atoms with Gasteiger partial charge in [-0.25, -0.2) is 0 Å². The van der Waals surface area contributed by atoms with E-state index in [1.807, 2.05) is 19.2 Å². The highest BCUT2D eigenvalue weighted by atomic mass is 16.2. The normalized spacial score (nSPS) is 18.2. The molecular formula is C17H26N3O2+. The summed E-state index contributed by atoms with van der Waals surface area (Å²) >= 11 is 0. The van der Waals surface area contributed by atoms with Gasteiger partial charge in [0.2, 0.25) is 0 Å². The van der Waals surface area contributed by atoms with Crippen molar-refractivity contribution in [2.75, 3.05) is 34.2 Å². The van der Waals surface area contributed by atoms with Gasteiger partial charge < -0.3 is 15.1 Å². The van der Waals surface area contributed by atoms with E-state index in [4.69, 9.17) is 0 Å². The molecule has 2 rings (SSSR count). The number of aryl methyl sites for hydroxylation is 1. The van der Waals surface area contributed by atoms with Crippen LogP contribution in [0.1, 0.15) is 30.0 Å². The molecular weight excluding hydrogens is 278 g/mol. The maximum Gasteiger partial charge on any atom is 0.277 e. The lowest BCUT2D eigenvalue weighted by Gasteiger charge is -2.26. The molecule has 0 saturated heterocycles. The highest BCUT2D eigenvalue weighted by molar-refractivity contribution is 5.79. The number of nitrogens with one attached hydrogen (secondary N) is 2. The van der Waals surface area contributed by atoms with Crippen molar-refractivity contribution in [2.24, 2.45) is 0 Å². The molecule has 0 aliphatic heterocycles. The lowest BCUT2D eigenvalue weighted by Crippen LogP contribution is -3.11. The Labute approximate surface area is 132 Å². The summed E-state index contributed by atoms with van der Waals surface area (Å²) in [4.78, 5) is 26.3. The number of carbonyl (C=O) groups is 2. The Morgan fingerprint density at radius 2 is 2.00 bits per heavy atom. The fraction of sp³-hybridized carbons (Fsp3) is 0.529. The molecule has 0 bridgehead atoms. The van der Waals surface area contributed by atoms with E-state index in [-0.39, 0.29) is 17.9 Å². The van der Waals surface area contributed by atoms with Gasteiger partial charge in [0.1, 0.15) is 0 Å². The molecule has 2 amide bonds. The summed E-state index contributed by atoms with van der Waals surface area (Å²) in [5.74, 6) is 0.0408. The number of hydrogen-bond donors (Lipinski definition) is 2. The van der Waals surface area contributed by atoms with Gasteiger partial charge in [-0.15, -0.1) is 0 Å². The maximum atomic E-state index is 12.2. The van der Waals surface area contributed by atoms with E-state index in [2.05, 4.69) is 17.4 Å². The van der Waals surface area contributed by atoms with E-state index in [0.29, 0.717) is 13.1 Å². The number of hydrogen-bond acceptors (Lipinski definition) is 2. The van der Waals surface area contributed by atoms with Crippen molar-refractivity contribution in [1.82, 2.24) is 10.2 Å². The first-order valence-corrected chi connectivity index (χ1v) is 7.86. The quantitative estimate of drug-likeness (QED) is 0.790. The zero-order valence-electron chi connectivity index (χ0n) is 13.7. The molecule has 5 heteroatoms. The molecule has 0 fully saturated rings. The van der Waals surface area contributed by atoms with Gasteiger partial charge in [-0.05, 0) is 30.4 Å². The minimum atomic E-state index is 0.00533. The average Bonchev–Trinajstić information content (AvgIpc) is 2.47. The first-order chi connectivity index (χ1) is 10.5. The van der Waals surface area contributed by atoms with Crippen molar-refractivity contribution >= 4 is 11.8 Å². The number of fused-ring (bicyclic) bond motifs is 1. The van der Waals surface area contributed by atoms with Crippen LogP contribution in [0.25, 0.3) is 0 Å². The fourth-order valence-corrected chi connectivity index (χ4v) is 2.90. The molecule has 1 aliphatic carbocycles. The molecule has 1 aromatic rings. The molecule has 0 heterocycles. The van der Waals surface area contributed by atoms with Crippen LogP contribution in [-0.2, 0) is 16.0 Å². The lowest BCUT2D eigenvalue weighted by molar-refractivity contribution is -0.862. The Bertz CT molecular complexity index is 542. The second kappa shape index (κ2) is 7.40. The van der Waals surface area contributed by atoms with Crippen molar-refractivity contribution < 1.29 is 14.5 Å². The molecule has 22 heavy (non-hydrogen) atoms. The van der Waals surface area contributed by atoms with Crippen molar-refractivity contribution in [2.45, 2.75) is 25.3 Å². The molecule has 0 radical (unpaired) electrons. The Kier molecular flexibility index (Phi) is 5.55. The largest absolute Gasteiger partial charge is 0.344 e. The van der Waals surface area contributed by atoms with Gasteiger partial charge in [-0.3, -0.25) is 9.59 Å². The van der Waals surface area contributed by atoms with E-state index in [0.717, 1.165) is 24.2 Å². The van der Waals surface area contributed by atoms with Crippen molar-refractivity contribution in [3.8, 4) is 0 Å². The first kappa shape index (κ1) is 16.5. The summed E-state index contributed by atoms with van der Waals surface area (Å²) in [6, 6.07) is 8.42. The number of quaternary nitrogens is 1. The smallest absolute Gasteiger partial charge is 0.277 e. The minimum absolute atomic E-state index is 0.00533. The second-order valence-corrected chi connectivity index (χ2v) is 6.31. The van der Waals surface area contributed by atoms with Crippen LogP contribution < -0.4 is 10.2 Å². The molecule has 2 atom stereocenters. The molecule has 1 unspecified atom stereocenters. The van der Waals surface area contributed by atoms with Crippen molar-refractivity contribution in [3.05, 3.63) is 35.4 Å². The van der Waals surface area contributed by atoms with Crippen LogP contribution in [0.3, 0.4) is 0 Å².